The normalized spacial score (nSPS) is 14.6. The van der Waals surface area contributed by atoms with Gasteiger partial charge in [-0.3, -0.25) is 0 Å². The Hall–Kier alpha value is -2.70. The molecule has 0 radical (unpaired) electrons. The SMILES string of the molecule is CC.CC/C=C(\CCC)c1cc2c(Nc3ccc(F)c(Cl)c3)ccnc2[nH]1.CC1CCNC1.CC=O. The number of carbonyl (C=O) groups is 1. The Morgan fingerprint density at radius 3 is 2.50 bits per heavy atom. The summed E-state index contributed by atoms with van der Waals surface area (Å²) in [6.07, 6.45) is 9.24. The van der Waals surface area contributed by atoms with Crippen molar-refractivity contribution in [1.82, 2.24) is 15.3 Å². The van der Waals surface area contributed by atoms with Gasteiger partial charge in [-0.2, -0.15) is 0 Å². The summed E-state index contributed by atoms with van der Waals surface area (Å²) in [7, 11) is 0. The molecule has 5 nitrogen and oxygen atoms in total. The molecular formula is C29H42ClFN4O. The standard InChI is InChI=1S/C20H21ClFN3.C5H11N.C2H4O.C2H6/c1-3-5-13(6-4-2)19-12-15-18(9-10-23-20(15)25-19)24-14-7-8-17(22)16(21)11-14;1-5-2-3-6-4-5;1-2-3;1-2/h5,7-12H,3-4,6H2,1-2H3,(H2,23,24,25);5-6H,2-4H2,1H3;2H,1H3;1-2H3/b13-5+;;;. The Bertz CT molecular complexity index is 1070. The van der Waals surface area contributed by atoms with E-state index in [-0.39, 0.29) is 5.02 Å². The molecule has 0 amide bonds. The van der Waals surface area contributed by atoms with Gasteiger partial charge in [-0.1, -0.05) is 58.7 Å². The van der Waals surface area contributed by atoms with Crippen LogP contribution in [0.1, 0.15) is 72.9 Å². The topological polar surface area (TPSA) is 69.8 Å². The predicted octanol–water partition coefficient (Wildman–Crippen LogP) is 8.54. The molecule has 1 fully saturated rings. The second-order valence-electron chi connectivity index (χ2n) is 8.28. The Morgan fingerprint density at radius 1 is 1.25 bits per heavy atom. The van der Waals surface area contributed by atoms with Crippen LogP contribution in [0.25, 0.3) is 16.6 Å². The molecule has 36 heavy (non-hydrogen) atoms. The number of H-pyrrole nitrogens is 1. The van der Waals surface area contributed by atoms with Crippen LogP contribution in [0.2, 0.25) is 5.02 Å². The van der Waals surface area contributed by atoms with E-state index in [1.807, 2.05) is 19.9 Å². The molecule has 1 aliphatic rings. The van der Waals surface area contributed by atoms with Crippen LogP contribution in [0, 0.1) is 11.7 Å². The lowest BCUT2D eigenvalue weighted by Crippen LogP contribution is -2.06. The number of halogens is 2. The Kier molecular flexibility index (Phi) is 15.4. The fourth-order valence-corrected chi connectivity index (χ4v) is 3.88. The van der Waals surface area contributed by atoms with Crippen molar-refractivity contribution in [2.45, 2.75) is 67.2 Å². The van der Waals surface area contributed by atoms with Gasteiger partial charge in [-0.15, -0.1) is 0 Å². The minimum atomic E-state index is -0.426. The number of allylic oxidation sites excluding steroid dienone is 2. The first-order valence-corrected chi connectivity index (χ1v) is 13.3. The lowest BCUT2D eigenvalue weighted by Gasteiger charge is -2.08. The zero-order valence-electron chi connectivity index (χ0n) is 22.6. The summed E-state index contributed by atoms with van der Waals surface area (Å²) in [5.74, 6) is 0.509. The molecule has 2 aromatic heterocycles. The van der Waals surface area contributed by atoms with E-state index in [4.69, 9.17) is 16.4 Å². The van der Waals surface area contributed by atoms with E-state index in [1.54, 1.807) is 18.3 Å². The number of nitrogens with zero attached hydrogens (tertiary/aromatic N) is 1. The average molecular weight is 517 g/mol. The number of aromatic amines is 1. The van der Waals surface area contributed by atoms with Crippen molar-refractivity contribution in [3.8, 4) is 0 Å². The fraction of sp³-hybridized carbons (Fsp3) is 0.448. The molecule has 0 spiro atoms. The van der Waals surface area contributed by atoms with E-state index in [1.165, 1.54) is 38.1 Å². The van der Waals surface area contributed by atoms with E-state index in [0.717, 1.165) is 59.6 Å². The highest BCUT2D eigenvalue weighted by atomic mass is 35.5. The summed E-state index contributed by atoms with van der Waals surface area (Å²) in [5.41, 5.74) is 4.87. The van der Waals surface area contributed by atoms with E-state index >= 15 is 0 Å². The minimum absolute atomic E-state index is 0.0983. The highest BCUT2D eigenvalue weighted by Crippen LogP contribution is 2.30. The molecular weight excluding hydrogens is 475 g/mol. The van der Waals surface area contributed by atoms with Crippen LogP contribution in [0.5, 0.6) is 0 Å². The van der Waals surface area contributed by atoms with Gasteiger partial charge in [0, 0.05) is 23.0 Å². The van der Waals surface area contributed by atoms with Crippen molar-refractivity contribution >= 4 is 45.9 Å². The number of rotatable bonds is 6. The highest BCUT2D eigenvalue weighted by molar-refractivity contribution is 6.31. The van der Waals surface area contributed by atoms with Gasteiger partial charge in [-0.25, -0.2) is 9.37 Å². The van der Waals surface area contributed by atoms with E-state index in [9.17, 15) is 4.39 Å². The molecule has 198 valence electrons. The first-order chi connectivity index (χ1) is 17.4. The monoisotopic (exact) mass is 516 g/mol. The van der Waals surface area contributed by atoms with Crippen molar-refractivity contribution in [2.24, 2.45) is 5.92 Å². The number of hydrogen-bond donors (Lipinski definition) is 3. The molecule has 4 rings (SSSR count). The number of hydrogen-bond acceptors (Lipinski definition) is 4. The quantitative estimate of drug-likeness (QED) is 0.287. The van der Waals surface area contributed by atoms with Gasteiger partial charge in [0.25, 0.3) is 0 Å². The third-order valence-corrected chi connectivity index (χ3v) is 5.64. The van der Waals surface area contributed by atoms with Crippen LogP contribution in [-0.2, 0) is 4.79 Å². The predicted molar refractivity (Wildman–Crippen MR) is 154 cm³/mol. The molecule has 0 aliphatic carbocycles. The first-order valence-electron chi connectivity index (χ1n) is 12.9. The van der Waals surface area contributed by atoms with Gasteiger partial charge >= 0.3 is 0 Å². The average Bonchev–Trinajstić information content (AvgIpc) is 3.53. The van der Waals surface area contributed by atoms with Gasteiger partial charge in [-0.05, 0) is 81.1 Å². The van der Waals surface area contributed by atoms with Gasteiger partial charge in [0.15, 0.2) is 0 Å². The summed E-state index contributed by atoms with van der Waals surface area (Å²) >= 11 is 5.87. The Labute approximate surface area is 220 Å². The number of aromatic nitrogens is 2. The van der Waals surface area contributed by atoms with Gasteiger partial charge in [0.2, 0.25) is 0 Å². The van der Waals surface area contributed by atoms with Crippen LogP contribution in [0.3, 0.4) is 0 Å². The number of benzene rings is 1. The molecule has 1 atom stereocenters. The summed E-state index contributed by atoms with van der Waals surface area (Å²) in [4.78, 5) is 16.6. The smallest absolute Gasteiger partial charge is 0.141 e. The fourth-order valence-electron chi connectivity index (χ4n) is 3.70. The molecule has 1 unspecified atom stereocenters. The maximum atomic E-state index is 13.3. The minimum Gasteiger partial charge on any atom is -0.355 e. The number of aldehydes is 1. The molecule has 0 bridgehead atoms. The lowest BCUT2D eigenvalue weighted by molar-refractivity contribution is -0.106. The molecule has 7 heteroatoms. The summed E-state index contributed by atoms with van der Waals surface area (Å²) in [6, 6.07) is 8.62. The number of pyridine rings is 1. The Morgan fingerprint density at radius 2 is 1.97 bits per heavy atom. The molecule has 1 aliphatic heterocycles. The van der Waals surface area contributed by atoms with Crippen LogP contribution < -0.4 is 10.6 Å². The van der Waals surface area contributed by atoms with Gasteiger partial charge in [0.05, 0.1) is 10.7 Å². The van der Waals surface area contributed by atoms with E-state index in [2.05, 4.69) is 53.5 Å². The zero-order chi connectivity index (χ0) is 26.9. The second kappa shape index (κ2) is 17.7. The Balaban J connectivity index is 0.000000494. The summed E-state index contributed by atoms with van der Waals surface area (Å²) < 4.78 is 13.3. The van der Waals surface area contributed by atoms with Crippen LogP contribution in [-0.4, -0.2) is 29.3 Å². The largest absolute Gasteiger partial charge is 0.355 e. The third kappa shape index (κ3) is 10.1. The van der Waals surface area contributed by atoms with Crippen LogP contribution in [0.4, 0.5) is 15.8 Å². The van der Waals surface area contributed by atoms with Crippen LogP contribution in [0.15, 0.2) is 42.6 Å². The number of carbonyl (C=O) groups excluding carboxylic acids is 1. The molecule has 3 heterocycles. The van der Waals surface area contributed by atoms with Crippen molar-refractivity contribution in [3.05, 3.63) is 59.1 Å². The third-order valence-electron chi connectivity index (χ3n) is 5.35. The summed E-state index contributed by atoms with van der Waals surface area (Å²) in [6.45, 7) is 14.5. The zero-order valence-corrected chi connectivity index (χ0v) is 23.3. The van der Waals surface area contributed by atoms with Gasteiger partial charge in [0.1, 0.15) is 17.8 Å². The maximum Gasteiger partial charge on any atom is 0.141 e. The van der Waals surface area contributed by atoms with Crippen molar-refractivity contribution < 1.29 is 9.18 Å². The lowest BCUT2D eigenvalue weighted by atomic mass is 10.1. The van der Waals surface area contributed by atoms with Crippen molar-refractivity contribution in [3.63, 3.8) is 0 Å². The maximum absolute atomic E-state index is 13.3. The number of fused-ring (bicyclic) bond motifs is 1. The number of anilines is 2. The second-order valence-corrected chi connectivity index (χ2v) is 8.69. The number of nitrogens with one attached hydrogen (secondary N) is 3. The molecule has 0 saturated carbocycles. The molecule has 1 aromatic carbocycles. The highest BCUT2D eigenvalue weighted by Gasteiger charge is 2.10. The first kappa shape index (κ1) is 31.3. The summed E-state index contributed by atoms with van der Waals surface area (Å²) in [5, 5.41) is 7.67. The van der Waals surface area contributed by atoms with Gasteiger partial charge < -0.3 is 20.4 Å². The van der Waals surface area contributed by atoms with Crippen molar-refractivity contribution in [2.75, 3.05) is 18.4 Å². The molecule has 3 N–H and O–H groups in total. The van der Waals surface area contributed by atoms with Crippen LogP contribution >= 0.6 is 11.6 Å². The molecule has 3 aromatic rings. The van der Waals surface area contributed by atoms with Crippen molar-refractivity contribution in [1.29, 1.82) is 0 Å². The molecule has 1 saturated heterocycles. The van der Waals surface area contributed by atoms with E-state index < -0.39 is 5.82 Å². The van der Waals surface area contributed by atoms with E-state index in [0.29, 0.717) is 0 Å².